The summed E-state index contributed by atoms with van der Waals surface area (Å²) in [4.78, 5) is 18.6. The molecule has 1 fully saturated rings. The van der Waals surface area contributed by atoms with Crippen LogP contribution >= 0.6 is 11.3 Å². The summed E-state index contributed by atoms with van der Waals surface area (Å²) in [5.41, 5.74) is 3.85. The number of thiazole rings is 1. The van der Waals surface area contributed by atoms with Crippen molar-refractivity contribution < 1.29 is 18.0 Å². The molecule has 0 aliphatic carbocycles. The van der Waals surface area contributed by atoms with E-state index in [4.69, 9.17) is 11.1 Å². The highest BCUT2D eigenvalue weighted by molar-refractivity contribution is 7.19. The first-order valence-corrected chi connectivity index (χ1v) is 10.6. The molecule has 1 saturated heterocycles. The fourth-order valence-electron chi connectivity index (χ4n) is 3.40. The van der Waals surface area contributed by atoms with Gasteiger partial charge < -0.3 is 32.0 Å². The molecule has 1 aliphatic heterocycles. The van der Waals surface area contributed by atoms with Crippen LogP contribution in [0.15, 0.2) is 29.7 Å². The van der Waals surface area contributed by atoms with E-state index < -0.39 is 23.2 Å². The Labute approximate surface area is 187 Å². The van der Waals surface area contributed by atoms with Crippen LogP contribution in [0.1, 0.15) is 17.4 Å². The second kappa shape index (κ2) is 9.57. The Balaban J connectivity index is 1.90. The summed E-state index contributed by atoms with van der Waals surface area (Å²) in [5, 5.41) is 16.1. The largest absolute Gasteiger partial charge is 0.389 e. The molecule has 0 unspecified atom stereocenters. The summed E-state index contributed by atoms with van der Waals surface area (Å²) < 4.78 is 42.9. The maximum atomic E-state index is 14.7. The normalized spacial score (nSPS) is 19.7. The summed E-state index contributed by atoms with van der Waals surface area (Å²) in [5.74, 6) is -2.07. The van der Waals surface area contributed by atoms with Crippen molar-refractivity contribution in [2.24, 2.45) is 0 Å². The van der Waals surface area contributed by atoms with Gasteiger partial charge in [0.1, 0.15) is 33.1 Å². The predicted molar refractivity (Wildman–Crippen MR) is 118 cm³/mol. The molecule has 1 aromatic carbocycles. The SMILES string of the molecule is CN/C(=C(\C=N)NC(=O)c1nc(-c2c(F)cccc2F)sc1N)N1CCNC[C@@](C)(F)C1. The molecule has 1 amide bonds. The fourth-order valence-corrected chi connectivity index (χ4v) is 4.28. The smallest absolute Gasteiger partial charge is 0.277 e. The van der Waals surface area contributed by atoms with E-state index in [1.54, 1.807) is 11.9 Å². The van der Waals surface area contributed by atoms with E-state index in [9.17, 15) is 18.0 Å². The molecular weight excluding hydrogens is 443 g/mol. The first-order chi connectivity index (χ1) is 15.2. The van der Waals surface area contributed by atoms with Crippen molar-refractivity contribution in [3.8, 4) is 10.6 Å². The van der Waals surface area contributed by atoms with Crippen molar-refractivity contribution in [1.29, 1.82) is 5.41 Å². The summed E-state index contributed by atoms with van der Waals surface area (Å²) in [6.07, 6.45) is 0.914. The molecule has 0 radical (unpaired) electrons. The zero-order chi connectivity index (χ0) is 23.5. The number of carbonyl (C=O) groups is 1. The van der Waals surface area contributed by atoms with E-state index in [0.29, 0.717) is 18.9 Å². The van der Waals surface area contributed by atoms with E-state index in [-0.39, 0.29) is 40.1 Å². The van der Waals surface area contributed by atoms with E-state index in [1.165, 1.54) is 13.0 Å². The van der Waals surface area contributed by atoms with Crippen molar-refractivity contribution in [3.05, 3.63) is 47.0 Å². The number of nitrogens with zero attached hydrogens (tertiary/aromatic N) is 2. The number of benzene rings is 1. The highest BCUT2D eigenvalue weighted by atomic mass is 32.1. The molecule has 1 aromatic heterocycles. The number of carbonyl (C=O) groups excluding carboxylic acids is 1. The molecule has 0 saturated carbocycles. The third-order valence-electron chi connectivity index (χ3n) is 4.82. The quantitative estimate of drug-likeness (QED) is 0.415. The van der Waals surface area contributed by atoms with Crippen LogP contribution < -0.4 is 21.7 Å². The van der Waals surface area contributed by atoms with Gasteiger partial charge in [0.15, 0.2) is 5.69 Å². The summed E-state index contributed by atoms with van der Waals surface area (Å²) in [6, 6.07) is 3.39. The molecule has 2 aromatic rings. The minimum Gasteiger partial charge on any atom is -0.389 e. The van der Waals surface area contributed by atoms with Crippen LogP contribution in [-0.4, -0.2) is 60.9 Å². The molecule has 12 heteroatoms. The van der Waals surface area contributed by atoms with Gasteiger partial charge in [0.25, 0.3) is 5.91 Å². The second-order valence-corrected chi connectivity index (χ2v) is 8.48. The maximum absolute atomic E-state index is 14.7. The minimum atomic E-state index is -1.52. The third kappa shape index (κ3) is 5.02. The van der Waals surface area contributed by atoms with Crippen molar-refractivity contribution >= 4 is 28.5 Å². The summed E-state index contributed by atoms with van der Waals surface area (Å²) in [6.45, 7) is 2.64. The van der Waals surface area contributed by atoms with Crippen LogP contribution in [0.2, 0.25) is 0 Å². The molecule has 3 rings (SSSR count). The molecule has 0 spiro atoms. The van der Waals surface area contributed by atoms with Gasteiger partial charge in [0.2, 0.25) is 0 Å². The number of amides is 1. The maximum Gasteiger partial charge on any atom is 0.277 e. The number of hydrogen-bond donors (Lipinski definition) is 5. The number of halogens is 3. The lowest BCUT2D eigenvalue weighted by Gasteiger charge is -2.31. The van der Waals surface area contributed by atoms with Crippen molar-refractivity contribution in [3.63, 3.8) is 0 Å². The van der Waals surface area contributed by atoms with Crippen molar-refractivity contribution in [1.82, 2.24) is 25.8 Å². The van der Waals surface area contributed by atoms with Crippen LogP contribution in [-0.2, 0) is 0 Å². The van der Waals surface area contributed by atoms with Crippen LogP contribution in [0.25, 0.3) is 10.6 Å². The van der Waals surface area contributed by atoms with Crippen LogP contribution in [0.5, 0.6) is 0 Å². The van der Waals surface area contributed by atoms with Gasteiger partial charge >= 0.3 is 0 Å². The molecule has 8 nitrogen and oxygen atoms in total. The Morgan fingerprint density at radius 2 is 2.09 bits per heavy atom. The highest BCUT2D eigenvalue weighted by Gasteiger charge is 2.31. The monoisotopic (exact) mass is 467 g/mol. The number of nitrogens with two attached hydrogens (primary N) is 1. The second-order valence-electron chi connectivity index (χ2n) is 7.45. The Hall–Kier alpha value is -3.12. The zero-order valence-electron chi connectivity index (χ0n) is 17.6. The number of rotatable bonds is 6. The zero-order valence-corrected chi connectivity index (χ0v) is 18.4. The molecule has 6 N–H and O–H groups in total. The Bertz CT molecular complexity index is 1030. The first-order valence-electron chi connectivity index (χ1n) is 9.76. The van der Waals surface area contributed by atoms with E-state index >= 15 is 0 Å². The number of anilines is 1. The van der Waals surface area contributed by atoms with Gasteiger partial charge in [-0.05, 0) is 19.1 Å². The average molecular weight is 468 g/mol. The summed E-state index contributed by atoms with van der Waals surface area (Å²) >= 11 is 0.772. The molecule has 172 valence electrons. The van der Waals surface area contributed by atoms with Crippen LogP contribution in [0.4, 0.5) is 18.2 Å². The number of hydrogen-bond acceptors (Lipinski definition) is 8. The molecular formula is C20H24F3N7OS. The van der Waals surface area contributed by atoms with E-state index in [2.05, 4.69) is 20.9 Å². The predicted octanol–water partition coefficient (Wildman–Crippen LogP) is 2.07. The lowest BCUT2D eigenvalue weighted by atomic mass is 10.1. The lowest BCUT2D eigenvalue weighted by Crippen LogP contribution is -2.43. The Morgan fingerprint density at radius 3 is 2.72 bits per heavy atom. The van der Waals surface area contributed by atoms with Crippen LogP contribution in [0.3, 0.4) is 0 Å². The molecule has 32 heavy (non-hydrogen) atoms. The van der Waals surface area contributed by atoms with Gasteiger partial charge in [0.05, 0.1) is 17.8 Å². The Kier molecular flexibility index (Phi) is 7.04. The van der Waals surface area contributed by atoms with Gasteiger partial charge in [-0.2, -0.15) is 0 Å². The topological polar surface area (TPSA) is 119 Å². The number of alkyl halides is 1. The number of allylic oxidation sites excluding steroid dienone is 1. The summed E-state index contributed by atoms with van der Waals surface area (Å²) in [7, 11) is 1.59. The number of aromatic nitrogens is 1. The lowest BCUT2D eigenvalue weighted by molar-refractivity contribution is 0.0962. The minimum absolute atomic E-state index is 0.0363. The van der Waals surface area contributed by atoms with Gasteiger partial charge in [-0.1, -0.05) is 17.4 Å². The van der Waals surface area contributed by atoms with Crippen molar-refractivity contribution in [2.75, 3.05) is 39.0 Å². The third-order valence-corrected chi connectivity index (χ3v) is 5.72. The molecule has 2 heterocycles. The van der Waals surface area contributed by atoms with Gasteiger partial charge in [-0.15, -0.1) is 0 Å². The molecule has 1 aliphatic rings. The van der Waals surface area contributed by atoms with Gasteiger partial charge in [-0.25, -0.2) is 18.2 Å². The van der Waals surface area contributed by atoms with E-state index in [1.807, 2.05) is 0 Å². The van der Waals surface area contributed by atoms with Crippen molar-refractivity contribution in [2.45, 2.75) is 12.6 Å². The molecule has 0 bridgehead atoms. The average Bonchev–Trinajstić information content (AvgIpc) is 3.01. The highest BCUT2D eigenvalue weighted by Crippen LogP contribution is 2.33. The number of nitrogen functional groups attached to an aromatic ring is 1. The number of nitrogens with one attached hydrogen (secondary N) is 4. The molecule has 1 atom stereocenters. The van der Waals surface area contributed by atoms with Gasteiger partial charge in [0, 0.05) is 32.9 Å². The Morgan fingerprint density at radius 1 is 1.41 bits per heavy atom. The van der Waals surface area contributed by atoms with E-state index in [0.717, 1.165) is 29.7 Å². The first kappa shape index (κ1) is 23.5. The fraction of sp³-hybridized carbons (Fsp3) is 0.350. The van der Waals surface area contributed by atoms with Crippen LogP contribution in [0, 0.1) is 17.0 Å². The standard InChI is InChI=1S/C20H24F3N7OS/c1-20(23)9-27-6-7-30(10-20)17(26-2)13(8-24)28-18(31)15-16(25)32-19(29-15)14-11(21)4-3-5-12(14)22/h3-5,8,24,26-27H,6-7,9-10,25H2,1-2H3,(H,28,31)/b17-13-,24-8?/t20-/m1/s1. The van der Waals surface area contributed by atoms with Gasteiger partial charge in [-0.3, -0.25) is 4.79 Å².